The Morgan fingerprint density at radius 2 is 0.882 bits per heavy atom. The van der Waals surface area contributed by atoms with E-state index in [9.17, 15) is 14.2 Å². The number of phosphoric ester groups is 1. The molecule has 0 aliphatic heterocycles. The molecule has 0 bridgehead atoms. The summed E-state index contributed by atoms with van der Waals surface area (Å²) in [6.45, 7) is 3.67. The first-order chi connectivity index (χ1) is 24.8. The predicted octanol–water partition coefficient (Wildman–Crippen LogP) is 12.8. The molecule has 0 amide bonds. The highest BCUT2D eigenvalue weighted by Crippen LogP contribution is 2.36. The van der Waals surface area contributed by atoms with Gasteiger partial charge in [0.05, 0.1) is 6.61 Å². The smallest absolute Gasteiger partial charge is 0.462 e. The van der Waals surface area contributed by atoms with Gasteiger partial charge in [-0.15, -0.1) is 0 Å². The number of phosphoric acid groups is 1. The second-order valence-electron chi connectivity index (χ2n) is 14.3. The van der Waals surface area contributed by atoms with E-state index in [0.29, 0.717) is 6.42 Å². The molecule has 0 aliphatic rings. The highest BCUT2D eigenvalue weighted by molar-refractivity contribution is 7.46. The van der Waals surface area contributed by atoms with Gasteiger partial charge in [0.1, 0.15) is 6.61 Å². The van der Waals surface area contributed by atoms with Crippen LogP contribution in [0.3, 0.4) is 0 Å². The van der Waals surface area contributed by atoms with E-state index in [2.05, 4.69) is 42.7 Å². The monoisotopic (exact) mass is 743 g/mol. The summed E-state index contributed by atoms with van der Waals surface area (Å²) in [5.41, 5.74) is 0. The van der Waals surface area contributed by atoms with Gasteiger partial charge in [0.15, 0.2) is 6.10 Å². The molecule has 8 nitrogen and oxygen atoms in total. The summed E-state index contributed by atoms with van der Waals surface area (Å²) in [7, 11) is -4.75. The zero-order valence-electron chi connectivity index (χ0n) is 33.0. The molecule has 51 heavy (non-hydrogen) atoms. The maximum atomic E-state index is 12.4. The quantitative estimate of drug-likeness (QED) is 0.0276. The lowest BCUT2D eigenvalue weighted by molar-refractivity contribution is -0.161. The fraction of sp³-hybridized carbons (Fsp3) is 0.857. The zero-order valence-corrected chi connectivity index (χ0v) is 33.9. The summed E-state index contributed by atoms with van der Waals surface area (Å²) in [6, 6.07) is 0. The van der Waals surface area contributed by atoms with Gasteiger partial charge in [0, 0.05) is 12.8 Å². The van der Waals surface area contributed by atoms with Gasteiger partial charge in [-0.25, -0.2) is 4.57 Å². The highest BCUT2D eigenvalue weighted by atomic mass is 31.2. The van der Waals surface area contributed by atoms with E-state index in [1.54, 1.807) is 0 Å². The number of hydrogen-bond acceptors (Lipinski definition) is 6. The van der Waals surface area contributed by atoms with Gasteiger partial charge < -0.3 is 19.3 Å². The maximum Gasteiger partial charge on any atom is 0.469 e. The van der Waals surface area contributed by atoms with Crippen molar-refractivity contribution >= 4 is 19.8 Å². The van der Waals surface area contributed by atoms with E-state index in [0.717, 1.165) is 51.4 Å². The first kappa shape index (κ1) is 49.5. The summed E-state index contributed by atoms with van der Waals surface area (Å²) >= 11 is 0. The summed E-state index contributed by atoms with van der Waals surface area (Å²) in [6.07, 6.45) is 43.2. The van der Waals surface area contributed by atoms with Crippen LogP contribution in [0.15, 0.2) is 24.3 Å². The Bertz CT molecular complexity index is 884. The molecule has 1 atom stereocenters. The number of unbranched alkanes of at least 4 members (excludes halogenated alkanes) is 25. The molecule has 0 fully saturated rings. The minimum absolute atomic E-state index is 0.210. The standard InChI is InChI=1S/C42H79O8P/c1-3-5-7-9-11-13-15-17-19-20-21-22-23-25-27-29-31-33-35-37-42(44)50-40(39-49-51(45,46)47)38-48-41(43)36-34-32-30-28-26-24-18-16-14-12-10-8-6-4-2/h11,13,17,19,40H,3-10,12,14-16,18,20-39H2,1-2H3,(H2,45,46,47)/b13-11+,19-17+/t40-/m1/s1. The molecule has 0 rings (SSSR count). The lowest BCUT2D eigenvalue weighted by Crippen LogP contribution is -2.29. The van der Waals surface area contributed by atoms with Gasteiger partial charge in [0.25, 0.3) is 0 Å². The largest absolute Gasteiger partial charge is 0.469 e. The SMILES string of the molecule is CCCCC/C=C/C/C=C/CCCCCCCCCCCC(=O)O[C@H](COC(=O)CCCCCCCCCCCCCCCC)COP(=O)(O)O. The van der Waals surface area contributed by atoms with Crippen LogP contribution in [0, 0.1) is 0 Å². The molecule has 0 aromatic rings. The number of carbonyl (C=O) groups is 2. The van der Waals surface area contributed by atoms with Crippen molar-refractivity contribution in [3.8, 4) is 0 Å². The van der Waals surface area contributed by atoms with E-state index in [4.69, 9.17) is 19.3 Å². The van der Waals surface area contributed by atoms with Crippen LogP contribution in [0.4, 0.5) is 0 Å². The van der Waals surface area contributed by atoms with E-state index < -0.39 is 32.5 Å². The lowest BCUT2D eigenvalue weighted by Gasteiger charge is -2.18. The molecule has 9 heteroatoms. The average molecular weight is 743 g/mol. The first-order valence-electron chi connectivity index (χ1n) is 21.1. The van der Waals surface area contributed by atoms with Crippen molar-refractivity contribution in [2.24, 2.45) is 0 Å². The van der Waals surface area contributed by atoms with Crippen LogP contribution in [-0.2, 0) is 28.2 Å². The fourth-order valence-corrected chi connectivity index (χ4v) is 6.41. The van der Waals surface area contributed by atoms with Crippen LogP contribution in [0.25, 0.3) is 0 Å². The van der Waals surface area contributed by atoms with Crippen molar-refractivity contribution in [2.75, 3.05) is 13.2 Å². The fourth-order valence-electron chi connectivity index (χ4n) is 6.05. The van der Waals surface area contributed by atoms with Crippen LogP contribution >= 0.6 is 7.82 Å². The first-order valence-corrected chi connectivity index (χ1v) is 22.7. The Morgan fingerprint density at radius 3 is 1.33 bits per heavy atom. The molecule has 0 unspecified atom stereocenters. The van der Waals surface area contributed by atoms with E-state index >= 15 is 0 Å². The van der Waals surface area contributed by atoms with Gasteiger partial charge in [-0.2, -0.15) is 0 Å². The van der Waals surface area contributed by atoms with Crippen molar-refractivity contribution < 1.29 is 37.9 Å². The molecule has 0 spiro atoms. The van der Waals surface area contributed by atoms with Crippen molar-refractivity contribution in [3.63, 3.8) is 0 Å². The van der Waals surface area contributed by atoms with Gasteiger partial charge in [-0.3, -0.25) is 14.1 Å². The number of allylic oxidation sites excluding steroid dienone is 4. The summed E-state index contributed by atoms with van der Waals surface area (Å²) in [5.74, 6) is -0.881. The third kappa shape index (κ3) is 41.2. The molecular formula is C42H79O8P. The molecule has 300 valence electrons. The van der Waals surface area contributed by atoms with Crippen molar-refractivity contribution in [1.82, 2.24) is 0 Å². The van der Waals surface area contributed by atoms with Crippen molar-refractivity contribution in [3.05, 3.63) is 24.3 Å². The normalized spacial score (nSPS) is 12.6. The second kappa shape index (κ2) is 38.3. The number of hydrogen-bond donors (Lipinski definition) is 2. The van der Waals surface area contributed by atoms with Crippen molar-refractivity contribution in [1.29, 1.82) is 0 Å². The lowest BCUT2D eigenvalue weighted by atomic mass is 10.0. The van der Waals surface area contributed by atoms with Crippen LogP contribution in [-0.4, -0.2) is 41.0 Å². The summed E-state index contributed by atoms with van der Waals surface area (Å²) in [5, 5.41) is 0. The predicted molar refractivity (Wildman–Crippen MR) is 212 cm³/mol. The van der Waals surface area contributed by atoms with Crippen LogP contribution < -0.4 is 0 Å². The summed E-state index contributed by atoms with van der Waals surface area (Å²) < 4.78 is 26.4. The molecule has 0 aliphatic carbocycles. The Kier molecular flexibility index (Phi) is 37.2. The molecule has 0 heterocycles. The number of ether oxygens (including phenoxy) is 2. The molecule has 0 aromatic carbocycles. The minimum Gasteiger partial charge on any atom is -0.462 e. The van der Waals surface area contributed by atoms with Gasteiger partial charge in [0.2, 0.25) is 0 Å². The molecule has 0 saturated carbocycles. The van der Waals surface area contributed by atoms with Crippen LogP contribution in [0.5, 0.6) is 0 Å². The highest BCUT2D eigenvalue weighted by Gasteiger charge is 2.22. The molecule has 2 N–H and O–H groups in total. The minimum atomic E-state index is -4.75. The number of esters is 2. The Hall–Kier alpha value is -1.47. The molecule has 0 saturated heterocycles. The third-order valence-corrected chi connectivity index (χ3v) is 9.71. The summed E-state index contributed by atoms with van der Waals surface area (Å²) in [4.78, 5) is 42.8. The van der Waals surface area contributed by atoms with Gasteiger partial charge in [-0.1, -0.05) is 179 Å². The number of rotatable bonds is 39. The zero-order chi connectivity index (χ0) is 37.5. The number of carbonyl (C=O) groups excluding carboxylic acids is 2. The van der Waals surface area contributed by atoms with Gasteiger partial charge in [-0.05, 0) is 44.9 Å². The molecular weight excluding hydrogens is 663 g/mol. The van der Waals surface area contributed by atoms with Gasteiger partial charge >= 0.3 is 19.8 Å². The van der Waals surface area contributed by atoms with Crippen molar-refractivity contribution in [2.45, 2.75) is 219 Å². The Labute approximate surface area is 313 Å². The Morgan fingerprint density at radius 1 is 0.510 bits per heavy atom. The topological polar surface area (TPSA) is 119 Å². The van der Waals surface area contributed by atoms with Crippen LogP contribution in [0.1, 0.15) is 213 Å². The second-order valence-corrected chi connectivity index (χ2v) is 15.6. The molecule has 0 aromatic heterocycles. The van der Waals surface area contributed by atoms with E-state index in [-0.39, 0.29) is 19.4 Å². The molecule has 0 radical (unpaired) electrons. The van der Waals surface area contributed by atoms with Crippen LogP contribution in [0.2, 0.25) is 0 Å². The average Bonchev–Trinajstić information content (AvgIpc) is 3.10. The van der Waals surface area contributed by atoms with E-state index in [1.807, 2.05) is 0 Å². The van der Waals surface area contributed by atoms with E-state index in [1.165, 1.54) is 128 Å². The Balaban J connectivity index is 3.89. The third-order valence-electron chi connectivity index (χ3n) is 9.22. The maximum absolute atomic E-state index is 12.4.